The molecule has 0 atom stereocenters. The van der Waals surface area contributed by atoms with Crippen molar-refractivity contribution in [2.75, 3.05) is 7.11 Å². The fourth-order valence-corrected chi connectivity index (χ4v) is 1.83. The molecule has 0 saturated heterocycles. The molecule has 9 heteroatoms. The molecule has 0 fully saturated rings. The average molecular weight is 292 g/mol. The second kappa shape index (κ2) is 5.41. The summed E-state index contributed by atoms with van der Waals surface area (Å²) >= 11 is 0. The maximum absolute atomic E-state index is 11.2. The third-order valence-corrected chi connectivity index (χ3v) is 2.70. The van der Waals surface area contributed by atoms with Gasteiger partial charge in [0.1, 0.15) is 0 Å². The van der Waals surface area contributed by atoms with Gasteiger partial charge in [0.2, 0.25) is 5.75 Å². The topological polar surface area (TPSA) is 122 Å². The molecule has 2 aromatic rings. The van der Waals surface area contributed by atoms with Crippen molar-refractivity contribution in [3.8, 4) is 5.75 Å². The van der Waals surface area contributed by atoms with E-state index < -0.39 is 33.1 Å². The second-order valence-corrected chi connectivity index (χ2v) is 3.86. The van der Waals surface area contributed by atoms with Gasteiger partial charge in [0, 0.05) is 5.39 Å². The van der Waals surface area contributed by atoms with Gasteiger partial charge in [-0.05, 0) is 6.07 Å². The van der Waals surface area contributed by atoms with Crippen molar-refractivity contribution in [3.63, 3.8) is 0 Å². The summed E-state index contributed by atoms with van der Waals surface area (Å²) in [4.78, 5) is 31.7. The number of hydrogen-bond donors (Lipinski definition) is 0. The largest absolute Gasteiger partial charge is 0.513 e. The Morgan fingerprint density at radius 2 is 1.62 bits per heavy atom. The SMILES string of the molecule is COC(=O)Oc1c([N+](=O)[O-])cc([N+](=O)[O-])c2ccccc12. The van der Waals surface area contributed by atoms with Crippen LogP contribution in [0.2, 0.25) is 0 Å². The number of nitro groups is 2. The third-order valence-electron chi connectivity index (χ3n) is 2.70. The van der Waals surface area contributed by atoms with Gasteiger partial charge in [0.25, 0.3) is 5.69 Å². The van der Waals surface area contributed by atoms with E-state index in [0.29, 0.717) is 0 Å². The van der Waals surface area contributed by atoms with Crippen LogP contribution in [0, 0.1) is 20.2 Å². The molecule has 0 bridgehead atoms. The first kappa shape index (κ1) is 14.2. The number of non-ortho nitro benzene ring substituents is 1. The number of carbonyl (C=O) groups excluding carboxylic acids is 1. The number of benzene rings is 2. The second-order valence-electron chi connectivity index (χ2n) is 3.86. The molecule has 2 aromatic carbocycles. The van der Waals surface area contributed by atoms with E-state index in [1.165, 1.54) is 24.3 Å². The first-order valence-electron chi connectivity index (χ1n) is 5.56. The van der Waals surface area contributed by atoms with Gasteiger partial charge in [-0.3, -0.25) is 20.2 Å². The first-order chi connectivity index (χ1) is 9.95. The number of methoxy groups -OCH3 is 1. The van der Waals surface area contributed by atoms with Gasteiger partial charge in [-0.15, -0.1) is 0 Å². The van der Waals surface area contributed by atoms with Crippen LogP contribution in [-0.2, 0) is 4.74 Å². The summed E-state index contributed by atoms with van der Waals surface area (Å²) in [5.74, 6) is -0.395. The fourth-order valence-electron chi connectivity index (χ4n) is 1.83. The van der Waals surface area contributed by atoms with Crippen molar-refractivity contribution in [3.05, 3.63) is 50.6 Å². The molecule has 0 spiro atoms. The number of nitrogens with zero attached hydrogens (tertiary/aromatic N) is 2. The minimum atomic E-state index is -1.16. The smallest absolute Gasteiger partial charge is 0.437 e. The van der Waals surface area contributed by atoms with Crippen LogP contribution >= 0.6 is 0 Å². The zero-order valence-electron chi connectivity index (χ0n) is 10.6. The molecule has 0 N–H and O–H groups in total. The molecule has 108 valence electrons. The molecular formula is C12H8N2O7. The molecule has 0 saturated carbocycles. The molecule has 2 rings (SSSR count). The molecule has 21 heavy (non-hydrogen) atoms. The summed E-state index contributed by atoms with van der Waals surface area (Å²) in [7, 11) is 1.04. The van der Waals surface area contributed by atoms with Gasteiger partial charge in [0.05, 0.1) is 28.4 Å². The Kier molecular flexibility index (Phi) is 3.65. The molecule has 0 aliphatic heterocycles. The minimum Gasteiger partial charge on any atom is -0.437 e. The summed E-state index contributed by atoms with van der Waals surface area (Å²) in [6.45, 7) is 0. The Labute approximate surface area is 117 Å². The van der Waals surface area contributed by atoms with Crippen LogP contribution in [0.4, 0.5) is 16.2 Å². The Balaban J connectivity index is 2.83. The Bertz CT molecular complexity index is 757. The molecule has 0 heterocycles. The Hall–Kier alpha value is -3.23. The normalized spacial score (nSPS) is 10.1. The quantitative estimate of drug-likeness (QED) is 0.369. The van der Waals surface area contributed by atoms with E-state index in [0.717, 1.165) is 13.2 Å². The highest BCUT2D eigenvalue weighted by molar-refractivity contribution is 5.99. The van der Waals surface area contributed by atoms with Crippen LogP contribution in [0.25, 0.3) is 10.8 Å². The summed E-state index contributed by atoms with van der Waals surface area (Å²) in [6.07, 6.45) is -1.16. The maximum Gasteiger partial charge on any atom is 0.513 e. The van der Waals surface area contributed by atoms with Crippen LogP contribution in [0.3, 0.4) is 0 Å². The Morgan fingerprint density at radius 1 is 1.05 bits per heavy atom. The molecule has 0 aliphatic rings. The van der Waals surface area contributed by atoms with E-state index in [2.05, 4.69) is 4.74 Å². The number of rotatable bonds is 3. The lowest BCUT2D eigenvalue weighted by atomic mass is 10.1. The monoisotopic (exact) mass is 292 g/mol. The molecular weight excluding hydrogens is 284 g/mol. The fraction of sp³-hybridized carbons (Fsp3) is 0.0833. The van der Waals surface area contributed by atoms with Crippen LogP contribution in [-0.4, -0.2) is 23.1 Å². The lowest BCUT2D eigenvalue weighted by Gasteiger charge is -2.07. The number of nitro benzene ring substituents is 2. The zero-order valence-corrected chi connectivity index (χ0v) is 10.6. The number of ether oxygens (including phenoxy) is 2. The third kappa shape index (κ3) is 2.56. The molecule has 0 aromatic heterocycles. The van der Waals surface area contributed by atoms with Crippen molar-refractivity contribution in [2.24, 2.45) is 0 Å². The van der Waals surface area contributed by atoms with Gasteiger partial charge >= 0.3 is 11.8 Å². The highest BCUT2D eigenvalue weighted by atomic mass is 16.7. The van der Waals surface area contributed by atoms with Crippen molar-refractivity contribution >= 4 is 28.3 Å². The van der Waals surface area contributed by atoms with Crippen molar-refractivity contribution in [2.45, 2.75) is 0 Å². The van der Waals surface area contributed by atoms with Gasteiger partial charge in [-0.25, -0.2) is 4.79 Å². The lowest BCUT2D eigenvalue weighted by Crippen LogP contribution is -2.09. The van der Waals surface area contributed by atoms with E-state index in [1.807, 2.05) is 0 Å². The van der Waals surface area contributed by atoms with E-state index in [9.17, 15) is 25.0 Å². The van der Waals surface area contributed by atoms with Crippen LogP contribution in [0.1, 0.15) is 0 Å². The van der Waals surface area contributed by atoms with E-state index in [1.54, 1.807) is 0 Å². The molecule has 9 nitrogen and oxygen atoms in total. The van der Waals surface area contributed by atoms with Gasteiger partial charge in [-0.1, -0.05) is 18.2 Å². The standard InChI is InChI=1S/C12H8N2O7/c1-20-12(15)21-11-8-5-3-2-4-7(8)9(13(16)17)6-10(11)14(18)19/h2-6H,1H3. The van der Waals surface area contributed by atoms with E-state index in [4.69, 9.17) is 4.74 Å². The predicted molar refractivity (Wildman–Crippen MR) is 70.3 cm³/mol. The first-order valence-corrected chi connectivity index (χ1v) is 5.56. The van der Waals surface area contributed by atoms with E-state index >= 15 is 0 Å². The highest BCUT2D eigenvalue weighted by Crippen LogP contribution is 2.41. The average Bonchev–Trinajstić information content (AvgIpc) is 2.46. The summed E-state index contributed by atoms with van der Waals surface area (Å²) in [5, 5.41) is 22.3. The lowest BCUT2D eigenvalue weighted by molar-refractivity contribution is -0.393. The van der Waals surface area contributed by atoms with Crippen LogP contribution in [0.5, 0.6) is 5.75 Å². The maximum atomic E-state index is 11.2. The van der Waals surface area contributed by atoms with Crippen molar-refractivity contribution in [1.29, 1.82) is 0 Å². The number of carbonyl (C=O) groups is 1. The Morgan fingerprint density at radius 3 is 2.14 bits per heavy atom. The summed E-state index contributed by atoms with van der Waals surface area (Å²) in [6, 6.07) is 6.58. The number of hydrogen-bond acceptors (Lipinski definition) is 7. The van der Waals surface area contributed by atoms with Crippen LogP contribution in [0.15, 0.2) is 30.3 Å². The summed E-state index contributed by atoms with van der Waals surface area (Å²) in [5.41, 5.74) is -1.14. The molecule has 0 aliphatic carbocycles. The number of fused-ring (bicyclic) bond motifs is 1. The van der Waals surface area contributed by atoms with Gasteiger partial charge in [-0.2, -0.15) is 0 Å². The zero-order chi connectivity index (χ0) is 15.6. The summed E-state index contributed by atoms with van der Waals surface area (Å²) < 4.78 is 9.08. The van der Waals surface area contributed by atoms with Crippen LogP contribution < -0.4 is 4.74 Å². The van der Waals surface area contributed by atoms with Crippen molar-refractivity contribution in [1.82, 2.24) is 0 Å². The van der Waals surface area contributed by atoms with Crippen molar-refractivity contribution < 1.29 is 24.1 Å². The minimum absolute atomic E-state index is 0.0730. The highest BCUT2D eigenvalue weighted by Gasteiger charge is 2.28. The molecule has 0 amide bonds. The van der Waals surface area contributed by atoms with Gasteiger partial charge in [0.15, 0.2) is 0 Å². The predicted octanol–water partition coefficient (Wildman–Crippen LogP) is 2.80. The van der Waals surface area contributed by atoms with Gasteiger partial charge < -0.3 is 9.47 Å². The molecule has 0 unspecified atom stereocenters. The molecule has 0 radical (unpaired) electrons. The van der Waals surface area contributed by atoms with E-state index in [-0.39, 0.29) is 10.8 Å².